The molecule has 0 aromatic rings. The van der Waals surface area contributed by atoms with E-state index in [0.717, 1.165) is 12.0 Å². The third-order valence-corrected chi connectivity index (χ3v) is 2.29. The van der Waals surface area contributed by atoms with Gasteiger partial charge in [0, 0.05) is 12.8 Å². The zero-order valence-electron chi connectivity index (χ0n) is 10.2. The Bertz CT molecular complexity index is 226. The molecular formula is C12H22O3. The van der Waals surface area contributed by atoms with Crippen LogP contribution >= 0.6 is 0 Å². The Morgan fingerprint density at radius 1 is 1.47 bits per heavy atom. The molecule has 0 amide bonds. The van der Waals surface area contributed by atoms with E-state index in [2.05, 4.69) is 6.58 Å². The van der Waals surface area contributed by atoms with E-state index in [4.69, 9.17) is 4.74 Å². The molecule has 0 radical (unpaired) electrons. The standard InChI is InChI=1S/C12H22O3/c1-9(2)11(8-15-10(3)13)6-7-12(4,5)14/h11,14H,1,6-8H2,2-5H3/t11-/m0/s1. The van der Waals surface area contributed by atoms with Crippen LogP contribution in [0.4, 0.5) is 0 Å². The third kappa shape index (κ3) is 8.18. The van der Waals surface area contributed by atoms with Crippen LogP contribution in [-0.4, -0.2) is 23.3 Å². The van der Waals surface area contributed by atoms with Gasteiger partial charge in [-0.15, -0.1) is 0 Å². The molecule has 0 saturated heterocycles. The normalized spacial score (nSPS) is 13.4. The Kier molecular flexibility index (Phi) is 5.58. The quantitative estimate of drug-likeness (QED) is 0.545. The van der Waals surface area contributed by atoms with Crippen LogP contribution in [0.1, 0.15) is 40.5 Å². The lowest BCUT2D eigenvalue weighted by atomic mass is 9.91. The minimum absolute atomic E-state index is 0.139. The average Bonchev–Trinajstić information content (AvgIpc) is 2.00. The van der Waals surface area contributed by atoms with Crippen molar-refractivity contribution >= 4 is 5.97 Å². The highest BCUT2D eigenvalue weighted by Gasteiger charge is 2.18. The van der Waals surface area contributed by atoms with E-state index < -0.39 is 5.60 Å². The van der Waals surface area contributed by atoms with Gasteiger partial charge < -0.3 is 9.84 Å². The number of carbonyl (C=O) groups is 1. The topological polar surface area (TPSA) is 46.5 Å². The molecule has 0 fully saturated rings. The van der Waals surface area contributed by atoms with Gasteiger partial charge in [0.25, 0.3) is 0 Å². The van der Waals surface area contributed by atoms with Gasteiger partial charge in [-0.3, -0.25) is 4.79 Å². The van der Waals surface area contributed by atoms with Gasteiger partial charge in [-0.05, 0) is 33.6 Å². The summed E-state index contributed by atoms with van der Waals surface area (Å²) in [7, 11) is 0. The van der Waals surface area contributed by atoms with Crippen molar-refractivity contribution < 1.29 is 14.6 Å². The number of hydrogen-bond donors (Lipinski definition) is 1. The Labute approximate surface area is 92.1 Å². The van der Waals surface area contributed by atoms with Crippen LogP contribution in [0.2, 0.25) is 0 Å². The number of rotatable bonds is 6. The maximum atomic E-state index is 10.7. The maximum Gasteiger partial charge on any atom is 0.302 e. The number of esters is 1. The zero-order valence-corrected chi connectivity index (χ0v) is 10.2. The number of hydrogen-bond acceptors (Lipinski definition) is 3. The Balaban J connectivity index is 4.06. The van der Waals surface area contributed by atoms with Crippen LogP contribution in [-0.2, 0) is 9.53 Å². The zero-order chi connectivity index (χ0) is 12.1. The van der Waals surface area contributed by atoms with Crippen LogP contribution in [0.3, 0.4) is 0 Å². The van der Waals surface area contributed by atoms with Crippen LogP contribution in [0, 0.1) is 5.92 Å². The van der Waals surface area contributed by atoms with E-state index in [9.17, 15) is 9.90 Å². The predicted molar refractivity (Wildman–Crippen MR) is 60.5 cm³/mol. The first-order valence-electron chi connectivity index (χ1n) is 5.23. The number of ether oxygens (including phenoxy) is 1. The summed E-state index contributed by atoms with van der Waals surface area (Å²) in [4.78, 5) is 10.7. The molecule has 0 heterocycles. The minimum Gasteiger partial charge on any atom is -0.465 e. The largest absolute Gasteiger partial charge is 0.465 e. The molecule has 0 spiro atoms. The predicted octanol–water partition coefficient (Wildman–Crippen LogP) is 2.29. The van der Waals surface area contributed by atoms with Crippen LogP contribution < -0.4 is 0 Å². The monoisotopic (exact) mass is 214 g/mol. The lowest BCUT2D eigenvalue weighted by Gasteiger charge is -2.22. The van der Waals surface area contributed by atoms with Gasteiger partial charge in [-0.1, -0.05) is 12.2 Å². The lowest BCUT2D eigenvalue weighted by molar-refractivity contribution is -0.142. The van der Waals surface area contributed by atoms with E-state index in [1.807, 2.05) is 6.92 Å². The summed E-state index contributed by atoms with van der Waals surface area (Å²) < 4.78 is 4.95. The summed E-state index contributed by atoms with van der Waals surface area (Å²) in [5.74, 6) is -0.134. The first-order valence-corrected chi connectivity index (χ1v) is 5.23. The van der Waals surface area contributed by atoms with Gasteiger partial charge in [0.1, 0.15) is 0 Å². The van der Waals surface area contributed by atoms with Crippen molar-refractivity contribution in [3.63, 3.8) is 0 Å². The third-order valence-electron chi connectivity index (χ3n) is 2.29. The van der Waals surface area contributed by atoms with Crippen molar-refractivity contribution in [1.82, 2.24) is 0 Å². The summed E-state index contributed by atoms with van der Waals surface area (Å²) in [6.07, 6.45) is 1.46. The molecular weight excluding hydrogens is 192 g/mol. The average molecular weight is 214 g/mol. The van der Waals surface area contributed by atoms with Crippen molar-refractivity contribution in [2.24, 2.45) is 5.92 Å². The molecule has 0 unspecified atom stereocenters. The molecule has 1 N–H and O–H groups in total. The van der Waals surface area contributed by atoms with E-state index in [1.165, 1.54) is 6.92 Å². The van der Waals surface area contributed by atoms with E-state index in [0.29, 0.717) is 13.0 Å². The Morgan fingerprint density at radius 3 is 2.33 bits per heavy atom. The van der Waals surface area contributed by atoms with Crippen molar-refractivity contribution in [3.05, 3.63) is 12.2 Å². The molecule has 3 nitrogen and oxygen atoms in total. The maximum absolute atomic E-state index is 10.7. The van der Waals surface area contributed by atoms with Gasteiger partial charge in [0.05, 0.1) is 12.2 Å². The second-order valence-corrected chi connectivity index (χ2v) is 4.70. The van der Waals surface area contributed by atoms with Crippen molar-refractivity contribution in [3.8, 4) is 0 Å². The highest BCUT2D eigenvalue weighted by Crippen LogP contribution is 2.21. The van der Waals surface area contributed by atoms with Crippen molar-refractivity contribution in [1.29, 1.82) is 0 Å². The summed E-state index contributed by atoms with van der Waals surface area (Å²) in [5, 5.41) is 9.59. The molecule has 0 aliphatic carbocycles. The van der Waals surface area contributed by atoms with E-state index in [-0.39, 0.29) is 11.9 Å². The Hall–Kier alpha value is -0.830. The first-order chi connectivity index (χ1) is 6.72. The lowest BCUT2D eigenvalue weighted by Crippen LogP contribution is -2.22. The molecule has 0 bridgehead atoms. The minimum atomic E-state index is -0.677. The van der Waals surface area contributed by atoms with Crippen LogP contribution in [0.25, 0.3) is 0 Å². The summed E-state index contributed by atoms with van der Waals surface area (Å²) >= 11 is 0. The first kappa shape index (κ1) is 14.2. The SMILES string of the molecule is C=C(C)[C@@H](CCC(C)(C)O)COC(C)=O. The summed E-state index contributed by atoms with van der Waals surface area (Å²) in [6.45, 7) is 11.1. The molecule has 3 heteroatoms. The smallest absolute Gasteiger partial charge is 0.302 e. The van der Waals surface area contributed by atoms with Gasteiger partial charge >= 0.3 is 5.97 Å². The second kappa shape index (κ2) is 5.91. The fraction of sp³-hybridized carbons (Fsp3) is 0.750. The fourth-order valence-corrected chi connectivity index (χ4v) is 1.22. The Morgan fingerprint density at radius 2 is 2.00 bits per heavy atom. The van der Waals surface area contributed by atoms with Gasteiger partial charge in [-0.25, -0.2) is 0 Å². The highest BCUT2D eigenvalue weighted by atomic mass is 16.5. The van der Waals surface area contributed by atoms with Gasteiger partial charge in [0.15, 0.2) is 0 Å². The van der Waals surface area contributed by atoms with E-state index in [1.54, 1.807) is 13.8 Å². The molecule has 0 aliphatic rings. The molecule has 0 aromatic carbocycles. The number of aliphatic hydroxyl groups is 1. The fourth-order valence-electron chi connectivity index (χ4n) is 1.22. The summed E-state index contributed by atoms with van der Waals surface area (Å²) in [5.41, 5.74) is 0.310. The number of carbonyl (C=O) groups excluding carboxylic acids is 1. The van der Waals surface area contributed by atoms with Crippen molar-refractivity contribution in [2.45, 2.75) is 46.1 Å². The molecule has 15 heavy (non-hydrogen) atoms. The molecule has 0 rings (SSSR count). The highest BCUT2D eigenvalue weighted by molar-refractivity contribution is 5.65. The molecule has 1 atom stereocenters. The second-order valence-electron chi connectivity index (χ2n) is 4.70. The van der Waals surface area contributed by atoms with Crippen molar-refractivity contribution in [2.75, 3.05) is 6.61 Å². The molecule has 0 saturated carbocycles. The van der Waals surface area contributed by atoms with Gasteiger partial charge in [-0.2, -0.15) is 0 Å². The molecule has 0 aliphatic heterocycles. The van der Waals surface area contributed by atoms with E-state index >= 15 is 0 Å². The van der Waals surface area contributed by atoms with Crippen LogP contribution in [0.5, 0.6) is 0 Å². The molecule has 0 aromatic heterocycles. The molecule has 88 valence electrons. The summed E-state index contributed by atoms with van der Waals surface area (Å²) in [6, 6.07) is 0. The van der Waals surface area contributed by atoms with Gasteiger partial charge in [0.2, 0.25) is 0 Å². The van der Waals surface area contributed by atoms with Crippen LogP contribution in [0.15, 0.2) is 12.2 Å².